The normalized spacial score (nSPS) is 11.8. The summed E-state index contributed by atoms with van der Waals surface area (Å²) < 4.78 is 38.1. The monoisotopic (exact) mass is 319 g/mol. The van der Waals surface area contributed by atoms with Gasteiger partial charge in [0.05, 0.1) is 17.0 Å². The van der Waals surface area contributed by atoms with Crippen molar-refractivity contribution in [3.8, 4) is 6.07 Å². The minimum Gasteiger partial charge on any atom is -0.326 e. The Bertz CT molecular complexity index is 660. The Labute approximate surface area is 122 Å². The number of benzene rings is 1. The minimum atomic E-state index is -4.25. The zero-order chi connectivity index (χ0) is 14.8. The molecule has 1 aromatic heterocycles. The highest BCUT2D eigenvalue weighted by Gasteiger charge is 2.27. The lowest BCUT2D eigenvalue weighted by molar-refractivity contribution is -0.0328. The van der Waals surface area contributed by atoms with E-state index < -0.39 is 5.51 Å². The van der Waals surface area contributed by atoms with Crippen molar-refractivity contribution in [2.75, 3.05) is 5.75 Å². The summed E-state index contributed by atoms with van der Waals surface area (Å²) in [5, 5.41) is 9.01. The molecule has 0 fully saturated rings. The van der Waals surface area contributed by atoms with E-state index in [0.717, 1.165) is 0 Å². The Morgan fingerprint density at radius 3 is 2.75 bits per heavy atom. The summed E-state index contributed by atoms with van der Waals surface area (Å²) in [5.74, 6) is 0.415. The Balaban J connectivity index is 2.34. The van der Waals surface area contributed by atoms with Crippen LogP contribution in [-0.4, -0.2) is 20.8 Å². The lowest BCUT2D eigenvalue weighted by Crippen LogP contribution is -2.09. The number of halogens is 4. The number of thioether (sulfide) groups is 1. The van der Waals surface area contributed by atoms with E-state index in [0.29, 0.717) is 22.4 Å². The molecule has 0 saturated carbocycles. The topological polar surface area (TPSA) is 41.6 Å². The van der Waals surface area contributed by atoms with E-state index in [9.17, 15) is 13.2 Å². The van der Waals surface area contributed by atoms with Crippen molar-refractivity contribution in [3.05, 3.63) is 29.6 Å². The van der Waals surface area contributed by atoms with Crippen LogP contribution in [0, 0.1) is 11.3 Å². The Kier molecular flexibility index (Phi) is 4.45. The van der Waals surface area contributed by atoms with Crippen molar-refractivity contribution in [3.63, 3.8) is 0 Å². The summed E-state index contributed by atoms with van der Waals surface area (Å²) >= 11 is 5.69. The van der Waals surface area contributed by atoms with Gasteiger partial charge in [0.25, 0.3) is 0 Å². The van der Waals surface area contributed by atoms with Crippen LogP contribution in [-0.2, 0) is 12.4 Å². The number of hydrogen-bond acceptors (Lipinski definition) is 3. The quantitative estimate of drug-likeness (QED) is 0.803. The molecule has 8 heteroatoms. The molecule has 0 aliphatic carbocycles. The van der Waals surface area contributed by atoms with Gasteiger partial charge < -0.3 is 4.57 Å². The van der Waals surface area contributed by atoms with Gasteiger partial charge >= 0.3 is 5.51 Å². The molecule has 0 bridgehead atoms. The highest BCUT2D eigenvalue weighted by atomic mass is 35.5. The van der Waals surface area contributed by atoms with Crippen LogP contribution in [0.2, 0.25) is 0 Å². The van der Waals surface area contributed by atoms with Crippen LogP contribution in [0.3, 0.4) is 0 Å². The number of rotatable bonds is 4. The van der Waals surface area contributed by atoms with Crippen molar-refractivity contribution < 1.29 is 13.2 Å². The fraction of sp³-hybridized carbons (Fsp3) is 0.333. The van der Waals surface area contributed by atoms with Gasteiger partial charge in [0, 0.05) is 12.3 Å². The predicted octanol–water partition coefficient (Wildman–Crippen LogP) is 3.90. The van der Waals surface area contributed by atoms with Gasteiger partial charge in [-0.2, -0.15) is 18.4 Å². The third kappa shape index (κ3) is 3.19. The van der Waals surface area contributed by atoms with E-state index in [1.807, 2.05) is 6.07 Å². The van der Waals surface area contributed by atoms with Gasteiger partial charge in [-0.3, -0.25) is 0 Å². The van der Waals surface area contributed by atoms with Crippen LogP contribution in [0.15, 0.2) is 18.2 Å². The molecule has 1 aromatic carbocycles. The van der Waals surface area contributed by atoms with E-state index in [1.54, 1.807) is 22.8 Å². The number of hydrogen-bond donors (Lipinski definition) is 0. The van der Waals surface area contributed by atoms with Gasteiger partial charge in [-0.25, -0.2) is 4.98 Å². The van der Waals surface area contributed by atoms with Gasteiger partial charge in [-0.1, -0.05) is 6.07 Å². The maximum atomic E-state index is 12.2. The van der Waals surface area contributed by atoms with Gasteiger partial charge in [0.1, 0.15) is 17.4 Å². The number of para-hydroxylation sites is 1. The van der Waals surface area contributed by atoms with Crippen molar-refractivity contribution >= 4 is 34.4 Å². The fourth-order valence-corrected chi connectivity index (χ4v) is 2.60. The molecule has 106 valence electrons. The molecule has 0 unspecified atom stereocenters. The molecular formula is C12H9ClF3N3S. The predicted molar refractivity (Wildman–Crippen MR) is 72.5 cm³/mol. The second kappa shape index (κ2) is 5.94. The van der Waals surface area contributed by atoms with Crippen molar-refractivity contribution in [2.45, 2.75) is 17.9 Å². The smallest absolute Gasteiger partial charge is 0.326 e. The first-order chi connectivity index (χ1) is 9.46. The Morgan fingerprint density at radius 2 is 2.15 bits per heavy atom. The SMILES string of the molecule is N#Cc1cccc2c1nc(CCl)n2CCSC(F)(F)F. The summed E-state index contributed by atoms with van der Waals surface area (Å²) in [4.78, 5) is 4.24. The van der Waals surface area contributed by atoms with Crippen LogP contribution in [0.5, 0.6) is 0 Å². The molecule has 1 heterocycles. The first kappa shape index (κ1) is 15.0. The van der Waals surface area contributed by atoms with Crippen molar-refractivity contribution in [1.29, 1.82) is 5.26 Å². The molecule has 0 aliphatic rings. The highest BCUT2D eigenvalue weighted by molar-refractivity contribution is 8.00. The number of alkyl halides is 4. The van der Waals surface area contributed by atoms with Gasteiger partial charge in [-0.15, -0.1) is 11.6 Å². The fourth-order valence-electron chi connectivity index (χ4n) is 1.89. The number of imidazole rings is 1. The molecule has 0 saturated heterocycles. The third-order valence-electron chi connectivity index (χ3n) is 2.68. The molecular weight excluding hydrogens is 311 g/mol. The number of fused-ring (bicyclic) bond motifs is 1. The van der Waals surface area contributed by atoms with E-state index >= 15 is 0 Å². The molecule has 0 radical (unpaired) electrons. The van der Waals surface area contributed by atoms with E-state index in [4.69, 9.17) is 16.9 Å². The molecule has 2 rings (SSSR count). The van der Waals surface area contributed by atoms with Crippen LogP contribution in [0.25, 0.3) is 11.0 Å². The zero-order valence-corrected chi connectivity index (χ0v) is 11.7. The summed E-state index contributed by atoms with van der Waals surface area (Å²) in [6.07, 6.45) is 0. The maximum absolute atomic E-state index is 12.2. The summed E-state index contributed by atoms with van der Waals surface area (Å²) in [6, 6.07) is 7.02. The molecule has 3 nitrogen and oxygen atoms in total. The average molecular weight is 320 g/mol. The largest absolute Gasteiger partial charge is 0.441 e. The standard InChI is InChI=1S/C12H9ClF3N3S/c13-6-10-18-11-8(7-17)2-1-3-9(11)19(10)4-5-20-12(14,15)16/h1-3H,4-6H2. The number of nitrogens with zero attached hydrogens (tertiary/aromatic N) is 3. The minimum absolute atomic E-state index is 0.0796. The first-order valence-electron chi connectivity index (χ1n) is 5.61. The zero-order valence-electron chi connectivity index (χ0n) is 10.1. The molecule has 0 aliphatic heterocycles. The van der Waals surface area contributed by atoms with E-state index in [1.165, 1.54) is 0 Å². The second-order valence-corrected chi connectivity index (χ2v) is 5.32. The van der Waals surface area contributed by atoms with Crippen LogP contribution in [0.4, 0.5) is 13.2 Å². The van der Waals surface area contributed by atoms with Gasteiger partial charge in [-0.05, 0) is 23.9 Å². The molecule has 0 N–H and O–H groups in total. The molecule has 20 heavy (non-hydrogen) atoms. The van der Waals surface area contributed by atoms with Gasteiger partial charge in [0.2, 0.25) is 0 Å². The summed E-state index contributed by atoms with van der Waals surface area (Å²) in [5.41, 5.74) is -2.77. The molecule has 0 spiro atoms. The molecule has 0 atom stereocenters. The maximum Gasteiger partial charge on any atom is 0.441 e. The number of aryl methyl sites for hydroxylation is 1. The summed E-state index contributed by atoms with van der Waals surface area (Å²) in [6.45, 7) is 0.137. The van der Waals surface area contributed by atoms with Gasteiger partial charge in [0.15, 0.2) is 0 Å². The third-order valence-corrected chi connectivity index (χ3v) is 3.63. The lowest BCUT2D eigenvalue weighted by Gasteiger charge is -2.09. The Hall–Kier alpha value is -1.39. The summed E-state index contributed by atoms with van der Waals surface area (Å²) in [7, 11) is 0. The van der Waals surface area contributed by atoms with Crippen LogP contribution < -0.4 is 0 Å². The molecule has 0 amide bonds. The highest BCUT2D eigenvalue weighted by Crippen LogP contribution is 2.30. The first-order valence-corrected chi connectivity index (χ1v) is 7.13. The molecule has 2 aromatic rings. The van der Waals surface area contributed by atoms with Crippen LogP contribution in [0.1, 0.15) is 11.4 Å². The number of nitriles is 1. The number of aromatic nitrogens is 2. The lowest BCUT2D eigenvalue weighted by atomic mass is 10.2. The van der Waals surface area contributed by atoms with E-state index in [-0.39, 0.29) is 29.9 Å². The Morgan fingerprint density at radius 1 is 1.40 bits per heavy atom. The average Bonchev–Trinajstić information content (AvgIpc) is 2.75. The second-order valence-electron chi connectivity index (χ2n) is 3.89. The van der Waals surface area contributed by atoms with Crippen molar-refractivity contribution in [1.82, 2.24) is 9.55 Å². The van der Waals surface area contributed by atoms with E-state index in [2.05, 4.69) is 4.98 Å². The van der Waals surface area contributed by atoms with Crippen LogP contribution >= 0.6 is 23.4 Å². The van der Waals surface area contributed by atoms with Crippen molar-refractivity contribution in [2.24, 2.45) is 0 Å².